The molecule has 0 heterocycles. The molecule has 0 aliphatic heterocycles. The maximum Gasteiger partial charge on any atom is 0.323 e. The molecule has 0 radical (unpaired) electrons. The van der Waals surface area contributed by atoms with Crippen LogP contribution < -0.4 is 5.73 Å². The Labute approximate surface area is 116 Å². The Bertz CT molecular complexity index is 279. The molecule has 0 aromatic carbocycles. The van der Waals surface area contributed by atoms with Crippen molar-refractivity contribution < 1.29 is 14.6 Å². The van der Waals surface area contributed by atoms with Crippen molar-refractivity contribution in [2.45, 2.75) is 64.3 Å². The molecule has 3 atom stereocenters. The van der Waals surface area contributed by atoms with E-state index in [0.717, 1.165) is 37.9 Å². The number of ether oxygens (including phenoxy) is 1. The van der Waals surface area contributed by atoms with Gasteiger partial charge in [0.2, 0.25) is 0 Å². The van der Waals surface area contributed by atoms with Crippen molar-refractivity contribution in [3.05, 3.63) is 0 Å². The SMILES string of the molecule is CC1CCCC(COCCCCC(C)(N)C(=O)O)C1. The third-order valence-electron chi connectivity index (χ3n) is 4.12. The van der Waals surface area contributed by atoms with E-state index in [0.29, 0.717) is 6.42 Å². The van der Waals surface area contributed by atoms with Crippen molar-refractivity contribution in [2.75, 3.05) is 13.2 Å². The molecular formula is C15H29NO3. The van der Waals surface area contributed by atoms with Gasteiger partial charge in [-0.3, -0.25) is 4.79 Å². The summed E-state index contributed by atoms with van der Waals surface area (Å²) in [7, 11) is 0. The summed E-state index contributed by atoms with van der Waals surface area (Å²) in [6.07, 6.45) is 7.49. The zero-order valence-corrected chi connectivity index (χ0v) is 12.4. The number of hydrogen-bond acceptors (Lipinski definition) is 3. The first-order valence-electron chi connectivity index (χ1n) is 7.52. The Balaban J connectivity index is 2.01. The van der Waals surface area contributed by atoms with Gasteiger partial charge in [-0.15, -0.1) is 0 Å². The maximum atomic E-state index is 10.8. The van der Waals surface area contributed by atoms with Gasteiger partial charge in [0.25, 0.3) is 0 Å². The van der Waals surface area contributed by atoms with Crippen LogP contribution >= 0.6 is 0 Å². The minimum absolute atomic E-state index is 0.506. The molecule has 19 heavy (non-hydrogen) atoms. The minimum Gasteiger partial charge on any atom is -0.480 e. The lowest BCUT2D eigenvalue weighted by Crippen LogP contribution is -2.44. The third-order valence-corrected chi connectivity index (χ3v) is 4.12. The molecule has 112 valence electrons. The number of rotatable bonds is 8. The molecule has 1 rings (SSSR count). The number of carboxylic acid groups (broad SMARTS) is 1. The van der Waals surface area contributed by atoms with E-state index in [4.69, 9.17) is 15.6 Å². The van der Waals surface area contributed by atoms with Crippen molar-refractivity contribution >= 4 is 5.97 Å². The van der Waals surface area contributed by atoms with Crippen molar-refractivity contribution in [1.82, 2.24) is 0 Å². The molecule has 1 saturated carbocycles. The summed E-state index contributed by atoms with van der Waals surface area (Å²) in [6, 6.07) is 0. The first-order chi connectivity index (χ1) is 8.92. The molecule has 3 N–H and O–H groups in total. The Morgan fingerprint density at radius 2 is 2.16 bits per heavy atom. The van der Waals surface area contributed by atoms with Gasteiger partial charge < -0.3 is 15.6 Å². The molecule has 1 aliphatic rings. The van der Waals surface area contributed by atoms with Gasteiger partial charge >= 0.3 is 5.97 Å². The minimum atomic E-state index is -1.10. The summed E-state index contributed by atoms with van der Waals surface area (Å²) in [5.41, 5.74) is 4.57. The Kier molecular flexibility index (Phi) is 6.80. The van der Waals surface area contributed by atoms with Crippen LogP contribution in [0.15, 0.2) is 0 Å². The second kappa shape index (κ2) is 7.85. The molecule has 0 aromatic rings. The first-order valence-corrected chi connectivity index (χ1v) is 7.52. The largest absolute Gasteiger partial charge is 0.480 e. The van der Waals surface area contributed by atoms with Gasteiger partial charge in [0, 0.05) is 13.2 Å². The molecule has 0 aromatic heterocycles. The highest BCUT2D eigenvalue weighted by Gasteiger charge is 2.26. The van der Waals surface area contributed by atoms with E-state index in [1.165, 1.54) is 25.7 Å². The van der Waals surface area contributed by atoms with E-state index in [9.17, 15) is 4.79 Å². The number of carbonyl (C=O) groups is 1. The topological polar surface area (TPSA) is 72.5 Å². The lowest BCUT2D eigenvalue weighted by atomic mass is 9.83. The van der Waals surface area contributed by atoms with Gasteiger partial charge in [-0.1, -0.05) is 19.8 Å². The predicted octanol–water partition coefficient (Wildman–Crippen LogP) is 2.80. The summed E-state index contributed by atoms with van der Waals surface area (Å²) >= 11 is 0. The van der Waals surface area contributed by atoms with Crippen LogP contribution in [0.1, 0.15) is 58.8 Å². The predicted molar refractivity (Wildman–Crippen MR) is 76.0 cm³/mol. The molecule has 1 aliphatic carbocycles. The summed E-state index contributed by atoms with van der Waals surface area (Å²) in [4.78, 5) is 10.8. The lowest BCUT2D eigenvalue weighted by molar-refractivity contribution is -0.142. The molecule has 0 amide bonds. The van der Waals surface area contributed by atoms with Gasteiger partial charge in [0.05, 0.1) is 0 Å². The van der Waals surface area contributed by atoms with E-state index in [1.807, 2.05) is 0 Å². The lowest BCUT2D eigenvalue weighted by Gasteiger charge is -2.26. The average Bonchev–Trinajstić information content (AvgIpc) is 2.33. The second-order valence-corrected chi connectivity index (χ2v) is 6.39. The molecule has 0 bridgehead atoms. The van der Waals surface area contributed by atoms with E-state index >= 15 is 0 Å². The van der Waals surface area contributed by atoms with Gasteiger partial charge in [0.15, 0.2) is 0 Å². The highest BCUT2D eigenvalue weighted by molar-refractivity contribution is 5.77. The van der Waals surface area contributed by atoms with Crippen LogP contribution in [0, 0.1) is 11.8 Å². The van der Waals surface area contributed by atoms with E-state index in [-0.39, 0.29) is 0 Å². The molecule has 0 saturated heterocycles. The van der Waals surface area contributed by atoms with Crippen LogP contribution in [0.5, 0.6) is 0 Å². The van der Waals surface area contributed by atoms with Crippen LogP contribution in [-0.4, -0.2) is 29.8 Å². The van der Waals surface area contributed by atoms with E-state index in [2.05, 4.69) is 6.92 Å². The summed E-state index contributed by atoms with van der Waals surface area (Å²) in [5, 5.41) is 8.88. The smallest absolute Gasteiger partial charge is 0.323 e. The van der Waals surface area contributed by atoms with Crippen molar-refractivity contribution in [3.63, 3.8) is 0 Å². The number of nitrogens with two attached hydrogens (primary N) is 1. The zero-order chi connectivity index (χ0) is 14.3. The normalized spacial score (nSPS) is 26.9. The Hall–Kier alpha value is -0.610. The summed E-state index contributed by atoms with van der Waals surface area (Å²) in [5.74, 6) is 0.642. The summed E-state index contributed by atoms with van der Waals surface area (Å²) < 4.78 is 5.71. The maximum absolute atomic E-state index is 10.8. The molecule has 3 unspecified atom stereocenters. The number of aliphatic carboxylic acids is 1. The highest BCUT2D eigenvalue weighted by Crippen LogP contribution is 2.28. The second-order valence-electron chi connectivity index (χ2n) is 6.39. The summed E-state index contributed by atoms with van der Waals surface area (Å²) in [6.45, 7) is 5.48. The standard InChI is InChI=1S/C15H29NO3/c1-12-6-5-7-13(10-12)11-19-9-4-3-8-15(2,16)14(17)18/h12-13H,3-11,16H2,1-2H3,(H,17,18). The quantitative estimate of drug-likeness (QED) is 0.666. The van der Waals surface area contributed by atoms with Gasteiger partial charge in [-0.2, -0.15) is 0 Å². The first kappa shape index (κ1) is 16.4. The molecule has 4 heteroatoms. The highest BCUT2D eigenvalue weighted by atomic mass is 16.5. The van der Waals surface area contributed by atoms with Crippen LogP contribution in [0.2, 0.25) is 0 Å². The Morgan fingerprint density at radius 3 is 2.79 bits per heavy atom. The molecular weight excluding hydrogens is 242 g/mol. The Morgan fingerprint density at radius 1 is 1.42 bits per heavy atom. The van der Waals surface area contributed by atoms with Crippen LogP contribution in [0.3, 0.4) is 0 Å². The average molecular weight is 271 g/mol. The number of hydrogen-bond donors (Lipinski definition) is 2. The molecule has 1 fully saturated rings. The monoisotopic (exact) mass is 271 g/mol. The van der Waals surface area contributed by atoms with Crippen LogP contribution in [-0.2, 0) is 9.53 Å². The third kappa shape index (κ3) is 6.39. The zero-order valence-electron chi connectivity index (χ0n) is 12.4. The van der Waals surface area contributed by atoms with E-state index < -0.39 is 11.5 Å². The van der Waals surface area contributed by atoms with Gasteiger partial charge in [-0.05, 0) is 50.9 Å². The molecule has 0 spiro atoms. The van der Waals surface area contributed by atoms with Crippen molar-refractivity contribution in [2.24, 2.45) is 17.6 Å². The molecule has 4 nitrogen and oxygen atoms in total. The van der Waals surface area contributed by atoms with Gasteiger partial charge in [-0.25, -0.2) is 0 Å². The fourth-order valence-corrected chi connectivity index (χ4v) is 2.76. The van der Waals surface area contributed by atoms with Crippen LogP contribution in [0.25, 0.3) is 0 Å². The fraction of sp³-hybridized carbons (Fsp3) is 0.933. The van der Waals surface area contributed by atoms with Crippen molar-refractivity contribution in [3.8, 4) is 0 Å². The van der Waals surface area contributed by atoms with E-state index in [1.54, 1.807) is 6.92 Å². The van der Waals surface area contributed by atoms with Crippen molar-refractivity contribution in [1.29, 1.82) is 0 Å². The van der Waals surface area contributed by atoms with Gasteiger partial charge in [0.1, 0.15) is 5.54 Å². The number of unbranched alkanes of at least 4 members (excludes halogenated alkanes) is 1. The fourth-order valence-electron chi connectivity index (χ4n) is 2.76. The number of carboxylic acids is 1. The van der Waals surface area contributed by atoms with Crippen LogP contribution in [0.4, 0.5) is 0 Å².